The molecule has 0 spiro atoms. The molecule has 1 aliphatic carbocycles. The Balaban J connectivity index is 1.24. The number of hydrogen-bond acceptors (Lipinski definition) is 6. The third-order valence-electron chi connectivity index (χ3n) is 6.78. The lowest BCUT2D eigenvalue weighted by Crippen LogP contribution is -2.46. The smallest absolute Gasteiger partial charge is 0.143 e. The molecule has 4 aromatic rings. The molecule has 1 saturated heterocycles. The zero-order valence-corrected chi connectivity index (χ0v) is 17.5. The quantitative estimate of drug-likeness (QED) is 0.530. The molecule has 0 atom stereocenters. The number of nitrogens with zero attached hydrogens (tertiary/aromatic N) is 5. The molecule has 4 aromatic heterocycles. The van der Waals surface area contributed by atoms with E-state index in [2.05, 4.69) is 42.4 Å². The molecule has 31 heavy (non-hydrogen) atoms. The van der Waals surface area contributed by atoms with E-state index >= 15 is 0 Å². The molecule has 0 bridgehead atoms. The summed E-state index contributed by atoms with van der Waals surface area (Å²) in [6.45, 7) is 3.89. The Labute approximate surface area is 180 Å². The van der Waals surface area contributed by atoms with Crippen LogP contribution in [0.15, 0.2) is 43.1 Å². The number of aromatic nitrogens is 5. The van der Waals surface area contributed by atoms with Crippen LogP contribution >= 0.6 is 0 Å². The van der Waals surface area contributed by atoms with Crippen LogP contribution in [0.5, 0.6) is 0 Å². The van der Waals surface area contributed by atoms with Crippen molar-refractivity contribution in [2.75, 3.05) is 31.6 Å². The summed E-state index contributed by atoms with van der Waals surface area (Å²) in [5, 5.41) is 9.10. The highest BCUT2D eigenvalue weighted by molar-refractivity contribution is 6.01. The van der Waals surface area contributed by atoms with E-state index < -0.39 is 0 Å². The van der Waals surface area contributed by atoms with Crippen LogP contribution in [-0.4, -0.2) is 67.9 Å². The standard InChI is InChI=1S/C23H27N7O/c1-3-18(29-9-11-31-12-10-29)4-2-17(1)28-23-21-20(14-24-22(21)25-15-26-23)16-6-8-30-19(13-16)5-7-27-30/h5-8,13-15,17-18H,1-4,9-12H2,(H2,24,25,26,28). The van der Waals surface area contributed by atoms with Crippen molar-refractivity contribution < 1.29 is 4.74 Å². The molecule has 0 radical (unpaired) electrons. The molecule has 2 N–H and O–H groups in total. The van der Waals surface area contributed by atoms with Crippen LogP contribution in [0.4, 0.5) is 5.82 Å². The molecule has 2 aliphatic rings. The summed E-state index contributed by atoms with van der Waals surface area (Å²) in [5.41, 5.74) is 4.18. The SMILES string of the molecule is c1nc(NC2CCC(N3CCOCC3)CC2)c2c(-c3ccn4nccc4c3)c[nH]c2n1. The fraction of sp³-hybridized carbons (Fsp3) is 0.435. The lowest BCUT2D eigenvalue weighted by Gasteiger charge is -2.39. The van der Waals surface area contributed by atoms with Crippen molar-refractivity contribution in [3.8, 4) is 11.1 Å². The van der Waals surface area contributed by atoms with Crippen LogP contribution in [0.25, 0.3) is 27.7 Å². The molecule has 0 amide bonds. The van der Waals surface area contributed by atoms with Gasteiger partial charge in [-0.15, -0.1) is 0 Å². The van der Waals surface area contributed by atoms with E-state index in [4.69, 9.17) is 4.74 Å². The Kier molecular flexibility index (Phi) is 4.81. The van der Waals surface area contributed by atoms with Crippen LogP contribution in [0.2, 0.25) is 0 Å². The van der Waals surface area contributed by atoms with Gasteiger partial charge in [0.1, 0.15) is 17.8 Å². The Morgan fingerprint density at radius 2 is 1.94 bits per heavy atom. The highest BCUT2D eigenvalue weighted by Gasteiger charge is 2.27. The minimum Gasteiger partial charge on any atom is -0.379 e. The van der Waals surface area contributed by atoms with Gasteiger partial charge in [-0.05, 0) is 49.4 Å². The lowest BCUT2D eigenvalue weighted by atomic mass is 9.90. The summed E-state index contributed by atoms with van der Waals surface area (Å²) < 4.78 is 7.39. The molecule has 1 aliphatic heterocycles. The second-order valence-electron chi connectivity index (χ2n) is 8.56. The van der Waals surface area contributed by atoms with Gasteiger partial charge in [0.15, 0.2) is 0 Å². The molecule has 0 unspecified atom stereocenters. The molecule has 0 aromatic carbocycles. The first kappa shape index (κ1) is 18.8. The molecule has 8 heteroatoms. The highest BCUT2D eigenvalue weighted by atomic mass is 16.5. The molecule has 6 rings (SSSR count). The number of anilines is 1. The molecule has 2 fully saturated rings. The van der Waals surface area contributed by atoms with Gasteiger partial charge in [-0.25, -0.2) is 14.5 Å². The monoisotopic (exact) mass is 417 g/mol. The topological polar surface area (TPSA) is 83.4 Å². The summed E-state index contributed by atoms with van der Waals surface area (Å²) in [6.07, 6.45) is 12.3. The van der Waals surface area contributed by atoms with Gasteiger partial charge in [-0.2, -0.15) is 5.10 Å². The molecular weight excluding hydrogens is 390 g/mol. The van der Waals surface area contributed by atoms with E-state index in [-0.39, 0.29) is 0 Å². The second-order valence-corrected chi connectivity index (χ2v) is 8.56. The van der Waals surface area contributed by atoms with Crippen LogP contribution in [0.1, 0.15) is 25.7 Å². The van der Waals surface area contributed by atoms with Gasteiger partial charge in [0.2, 0.25) is 0 Å². The first-order chi connectivity index (χ1) is 15.3. The number of aromatic amines is 1. The zero-order chi connectivity index (χ0) is 20.6. The number of ether oxygens (including phenoxy) is 1. The van der Waals surface area contributed by atoms with Crippen molar-refractivity contribution in [3.63, 3.8) is 0 Å². The number of fused-ring (bicyclic) bond motifs is 2. The number of H-pyrrole nitrogens is 1. The van der Waals surface area contributed by atoms with Gasteiger partial charge in [-0.3, -0.25) is 4.90 Å². The number of hydrogen-bond donors (Lipinski definition) is 2. The molecular formula is C23H27N7O. The van der Waals surface area contributed by atoms with Gasteiger partial charge in [-0.1, -0.05) is 0 Å². The van der Waals surface area contributed by atoms with Crippen LogP contribution < -0.4 is 5.32 Å². The summed E-state index contributed by atoms with van der Waals surface area (Å²) >= 11 is 0. The predicted octanol–water partition coefficient (Wildman–Crippen LogP) is 3.33. The second kappa shape index (κ2) is 7.94. The summed E-state index contributed by atoms with van der Waals surface area (Å²) in [4.78, 5) is 15.0. The van der Waals surface area contributed by atoms with Crippen molar-refractivity contribution in [3.05, 3.63) is 43.1 Å². The first-order valence-electron chi connectivity index (χ1n) is 11.2. The maximum atomic E-state index is 5.51. The number of morpholine rings is 1. The first-order valence-corrected chi connectivity index (χ1v) is 11.2. The van der Waals surface area contributed by atoms with Gasteiger partial charge in [0, 0.05) is 49.3 Å². The Hall–Kier alpha value is -2.97. The highest BCUT2D eigenvalue weighted by Crippen LogP contribution is 2.34. The number of pyridine rings is 1. The average Bonchev–Trinajstić information content (AvgIpc) is 3.47. The van der Waals surface area contributed by atoms with Gasteiger partial charge >= 0.3 is 0 Å². The van der Waals surface area contributed by atoms with Crippen LogP contribution in [0, 0.1) is 0 Å². The number of nitrogens with one attached hydrogen (secondary N) is 2. The molecule has 160 valence electrons. The summed E-state index contributed by atoms with van der Waals surface area (Å²) in [7, 11) is 0. The van der Waals surface area contributed by atoms with E-state index in [0.717, 1.165) is 72.6 Å². The van der Waals surface area contributed by atoms with Crippen molar-refractivity contribution in [1.82, 2.24) is 29.5 Å². The fourth-order valence-electron chi connectivity index (χ4n) is 5.11. The summed E-state index contributed by atoms with van der Waals surface area (Å²) in [5.74, 6) is 0.921. The van der Waals surface area contributed by atoms with Gasteiger partial charge in [0.05, 0.1) is 24.1 Å². The third kappa shape index (κ3) is 3.55. The summed E-state index contributed by atoms with van der Waals surface area (Å²) in [6, 6.07) is 7.39. The Morgan fingerprint density at radius 1 is 1.06 bits per heavy atom. The van der Waals surface area contributed by atoms with E-state index in [1.54, 1.807) is 6.33 Å². The van der Waals surface area contributed by atoms with E-state index in [0.29, 0.717) is 12.1 Å². The van der Waals surface area contributed by atoms with Gasteiger partial charge in [0.25, 0.3) is 0 Å². The Bertz CT molecular complexity index is 1190. The molecule has 5 heterocycles. The minimum absolute atomic E-state index is 0.440. The predicted molar refractivity (Wildman–Crippen MR) is 120 cm³/mol. The molecule has 1 saturated carbocycles. The fourth-order valence-corrected chi connectivity index (χ4v) is 5.11. The number of rotatable bonds is 4. The van der Waals surface area contributed by atoms with E-state index in [1.807, 2.05) is 29.2 Å². The molecule has 8 nitrogen and oxygen atoms in total. The average molecular weight is 418 g/mol. The Morgan fingerprint density at radius 3 is 2.81 bits per heavy atom. The van der Waals surface area contributed by atoms with Crippen molar-refractivity contribution in [2.45, 2.75) is 37.8 Å². The zero-order valence-electron chi connectivity index (χ0n) is 17.5. The van der Waals surface area contributed by atoms with Crippen molar-refractivity contribution in [1.29, 1.82) is 0 Å². The van der Waals surface area contributed by atoms with Crippen LogP contribution in [-0.2, 0) is 4.74 Å². The van der Waals surface area contributed by atoms with Crippen molar-refractivity contribution >= 4 is 22.4 Å². The normalized spacial score (nSPS) is 22.8. The maximum Gasteiger partial charge on any atom is 0.143 e. The van der Waals surface area contributed by atoms with Crippen molar-refractivity contribution in [2.24, 2.45) is 0 Å². The van der Waals surface area contributed by atoms with E-state index in [1.165, 1.54) is 12.8 Å². The lowest BCUT2D eigenvalue weighted by molar-refractivity contribution is 0.00791. The van der Waals surface area contributed by atoms with Crippen LogP contribution in [0.3, 0.4) is 0 Å². The minimum atomic E-state index is 0.440. The maximum absolute atomic E-state index is 5.51. The van der Waals surface area contributed by atoms with Gasteiger partial charge < -0.3 is 15.0 Å². The van der Waals surface area contributed by atoms with E-state index in [9.17, 15) is 0 Å². The third-order valence-corrected chi connectivity index (χ3v) is 6.78. The largest absolute Gasteiger partial charge is 0.379 e.